The van der Waals surface area contributed by atoms with Crippen molar-refractivity contribution in [2.24, 2.45) is 0 Å². The second kappa shape index (κ2) is 7.13. The van der Waals surface area contributed by atoms with E-state index >= 15 is 0 Å². The second-order valence-corrected chi connectivity index (χ2v) is 5.81. The Morgan fingerprint density at radius 1 is 1.41 bits per heavy atom. The smallest absolute Gasteiger partial charge is 0.222 e. The Balaban J connectivity index is 1.49. The third kappa shape index (κ3) is 3.80. The van der Waals surface area contributed by atoms with Crippen LogP contribution in [0.4, 0.5) is 0 Å². The third-order valence-electron chi connectivity index (χ3n) is 3.74. The van der Waals surface area contributed by atoms with Gasteiger partial charge in [-0.05, 0) is 30.2 Å². The van der Waals surface area contributed by atoms with Gasteiger partial charge in [0.05, 0.1) is 32.3 Å². The predicted molar refractivity (Wildman–Crippen MR) is 85.2 cm³/mol. The molecular formula is C16H19ClN2O3. The number of ether oxygens (including phenoxy) is 2. The number of aromatic nitrogens is 1. The highest BCUT2D eigenvalue weighted by molar-refractivity contribution is 6.31. The number of hydrogen-bond acceptors (Lipinski definition) is 3. The second-order valence-electron chi connectivity index (χ2n) is 5.38. The van der Waals surface area contributed by atoms with Crippen molar-refractivity contribution in [3.8, 4) is 0 Å². The molecule has 1 aliphatic rings. The average Bonchev–Trinajstić information content (AvgIpc) is 2.91. The van der Waals surface area contributed by atoms with Gasteiger partial charge in [0.1, 0.15) is 0 Å². The maximum absolute atomic E-state index is 11.9. The lowest BCUT2D eigenvalue weighted by Crippen LogP contribution is -2.35. The molecule has 1 aliphatic heterocycles. The zero-order valence-corrected chi connectivity index (χ0v) is 13.0. The summed E-state index contributed by atoms with van der Waals surface area (Å²) in [6.07, 6.45) is 2.94. The van der Waals surface area contributed by atoms with Crippen LogP contribution in [0.1, 0.15) is 12.0 Å². The van der Waals surface area contributed by atoms with Crippen molar-refractivity contribution in [1.82, 2.24) is 10.3 Å². The topological polar surface area (TPSA) is 63.4 Å². The van der Waals surface area contributed by atoms with Gasteiger partial charge in [-0.3, -0.25) is 4.79 Å². The summed E-state index contributed by atoms with van der Waals surface area (Å²) in [5.41, 5.74) is 2.20. The van der Waals surface area contributed by atoms with Crippen LogP contribution in [0, 0.1) is 0 Å². The molecule has 1 saturated heterocycles. The molecule has 0 radical (unpaired) electrons. The number of nitrogens with one attached hydrogen (secondary N) is 2. The Kier molecular flexibility index (Phi) is 4.97. The molecule has 1 amide bonds. The van der Waals surface area contributed by atoms with Crippen molar-refractivity contribution in [2.45, 2.75) is 18.9 Å². The van der Waals surface area contributed by atoms with Crippen LogP contribution < -0.4 is 5.32 Å². The number of benzene rings is 1. The van der Waals surface area contributed by atoms with Crippen molar-refractivity contribution >= 4 is 28.4 Å². The first kappa shape index (κ1) is 15.3. The van der Waals surface area contributed by atoms with Gasteiger partial charge in [-0.25, -0.2) is 0 Å². The van der Waals surface area contributed by atoms with Crippen LogP contribution in [0.3, 0.4) is 0 Å². The van der Waals surface area contributed by atoms with Crippen LogP contribution in [-0.2, 0) is 20.7 Å². The molecule has 1 fully saturated rings. The Hall–Kier alpha value is -1.56. The van der Waals surface area contributed by atoms with Crippen LogP contribution in [0.2, 0.25) is 5.02 Å². The summed E-state index contributed by atoms with van der Waals surface area (Å²) in [5.74, 6) is -0.00614. The first-order valence-corrected chi connectivity index (χ1v) is 7.82. The molecule has 1 atom stereocenters. The number of fused-ring (bicyclic) bond motifs is 1. The molecule has 1 aromatic carbocycles. The standard InChI is InChI=1S/C16H19ClN2O3/c17-12-1-2-15-14(7-12)11(9-19-15)3-4-18-16(20)8-13-10-21-5-6-22-13/h1-2,7,9,13,19H,3-6,8,10H2,(H,18,20)/t13-/m1/s1. The van der Waals surface area contributed by atoms with Gasteiger partial charge in [0, 0.05) is 28.7 Å². The fourth-order valence-corrected chi connectivity index (χ4v) is 2.80. The fraction of sp³-hybridized carbons (Fsp3) is 0.438. The summed E-state index contributed by atoms with van der Waals surface area (Å²) < 4.78 is 10.8. The van der Waals surface area contributed by atoms with Crippen LogP contribution in [-0.4, -0.2) is 43.4 Å². The van der Waals surface area contributed by atoms with Crippen LogP contribution in [0.5, 0.6) is 0 Å². The van der Waals surface area contributed by atoms with E-state index in [1.165, 1.54) is 0 Å². The van der Waals surface area contributed by atoms with Gasteiger partial charge in [-0.2, -0.15) is 0 Å². The minimum atomic E-state index is -0.124. The van der Waals surface area contributed by atoms with E-state index in [1.807, 2.05) is 24.4 Å². The quantitative estimate of drug-likeness (QED) is 0.887. The molecule has 0 aliphatic carbocycles. The van der Waals surface area contributed by atoms with E-state index in [-0.39, 0.29) is 12.0 Å². The Morgan fingerprint density at radius 2 is 2.32 bits per heavy atom. The molecule has 0 spiro atoms. The zero-order valence-electron chi connectivity index (χ0n) is 12.2. The Labute approximate surface area is 133 Å². The minimum absolute atomic E-state index is 0.00614. The number of halogens is 1. The zero-order chi connectivity index (χ0) is 15.4. The normalized spacial score (nSPS) is 18.5. The minimum Gasteiger partial charge on any atom is -0.376 e. The maximum Gasteiger partial charge on any atom is 0.222 e. The number of rotatable bonds is 5. The average molecular weight is 323 g/mol. The van der Waals surface area contributed by atoms with E-state index in [0.29, 0.717) is 37.8 Å². The Morgan fingerprint density at radius 3 is 3.14 bits per heavy atom. The van der Waals surface area contributed by atoms with Gasteiger partial charge in [-0.1, -0.05) is 11.6 Å². The summed E-state index contributed by atoms with van der Waals surface area (Å²) in [5, 5.41) is 4.74. The number of aromatic amines is 1. The summed E-state index contributed by atoms with van der Waals surface area (Å²) in [4.78, 5) is 15.1. The summed E-state index contributed by atoms with van der Waals surface area (Å²) in [6, 6.07) is 5.76. The number of carbonyl (C=O) groups is 1. The van der Waals surface area contributed by atoms with Gasteiger partial charge in [0.25, 0.3) is 0 Å². The lowest BCUT2D eigenvalue weighted by atomic mass is 10.1. The van der Waals surface area contributed by atoms with E-state index in [2.05, 4.69) is 10.3 Å². The van der Waals surface area contributed by atoms with E-state index in [0.717, 1.165) is 22.9 Å². The van der Waals surface area contributed by atoms with Crippen LogP contribution in [0.25, 0.3) is 10.9 Å². The molecule has 5 nitrogen and oxygen atoms in total. The molecule has 0 saturated carbocycles. The SMILES string of the molecule is O=C(C[C@@H]1COCCO1)NCCc1c[nH]c2ccc(Cl)cc12. The van der Waals surface area contributed by atoms with Gasteiger partial charge in [0.15, 0.2) is 0 Å². The Bertz CT molecular complexity index is 650. The first-order chi connectivity index (χ1) is 10.7. The molecule has 6 heteroatoms. The molecule has 3 rings (SSSR count). The number of carbonyl (C=O) groups excluding carboxylic acids is 1. The summed E-state index contributed by atoms with van der Waals surface area (Å²) in [7, 11) is 0. The van der Waals surface area contributed by atoms with E-state index in [1.54, 1.807) is 0 Å². The lowest BCUT2D eigenvalue weighted by molar-refractivity contribution is -0.131. The monoisotopic (exact) mass is 322 g/mol. The van der Waals surface area contributed by atoms with Gasteiger partial charge >= 0.3 is 0 Å². The molecule has 1 aromatic heterocycles. The van der Waals surface area contributed by atoms with E-state index in [9.17, 15) is 4.79 Å². The number of H-pyrrole nitrogens is 1. The van der Waals surface area contributed by atoms with Gasteiger partial charge in [-0.15, -0.1) is 0 Å². The van der Waals surface area contributed by atoms with Gasteiger partial charge < -0.3 is 19.8 Å². The fourth-order valence-electron chi connectivity index (χ4n) is 2.63. The number of hydrogen-bond donors (Lipinski definition) is 2. The lowest BCUT2D eigenvalue weighted by Gasteiger charge is -2.22. The van der Waals surface area contributed by atoms with Crippen molar-refractivity contribution < 1.29 is 14.3 Å². The highest BCUT2D eigenvalue weighted by atomic mass is 35.5. The van der Waals surface area contributed by atoms with Crippen molar-refractivity contribution in [1.29, 1.82) is 0 Å². The van der Waals surface area contributed by atoms with E-state index < -0.39 is 0 Å². The molecule has 2 N–H and O–H groups in total. The maximum atomic E-state index is 11.9. The molecule has 0 bridgehead atoms. The molecule has 2 aromatic rings. The number of amides is 1. The molecular weight excluding hydrogens is 304 g/mol. The summed E-state index contributed by atoms with van der Waals surface area (Å²) >= 11 is 6.03. The summed E-state index contributed by atoms with van der Waals surface area (Å²) in [6.45, 7) is 2.26. The van der Waals surface area contributed by atoms with Crippen molar-refractivity contribution in [2.75, 3.05) is 26.4 Å². The van der Waals surface area contributed by atoms with E-state index in [4.69, 9.17) is 21.1 Å². The molecule has 0 unspecified atom stereocenters. The van der Waals surface area contributed by atoms with Gasteiger partial charge in [0.2, 0.25) is 5.91 Å². The third-order valence-corrected chi connectivity index (χ3v) is 3.98. The highest BCUT2D eigenvalue weighted by Gasteiger charge is 2.17. The molecule has 22 heavy (non-hydrogen) atoms. The molecule has 2 heterocycles. The molecule has 118 valence electrons. The highest BCUT2D eigenvalue weighted by Crippen LogP contribution is 2.22. The van der Waals surface area contributed by atoms with Crippen LogP contribution in [0.15, 0.2) is 24.4 Å². The first-order valence-electron chi connectivity index (χ1n) is 7.44. The van der Waals surface area contributed by atoms with Crippen LogP contribution >= 0.6 is 11.6 Å². The van der Waals surface area contributed by atoms with Crippen molar-refractivity contribution in [3.63, 3.8) is 0 Å². The van der Waals surface area contributed by atoms with Crippen molar-refractivity contribution in [3.05, 3.63) is 35.0 Å². The largest absolute Gasteiger partial charge is 0.376 e. The predicted octanol–water partition coefficient (Wildman–Crippen LogP) is 2.29.